The maximum atomic E-state index is 12.5. The Labute approximate surface area is 146 Å². The number of fused-ring (bicyclic) bond motifs is 1. The Bertz CT molecular complexity index is 767. The molecule has 6 nitrogen and oxygen atoms in total. The number of amides is 2. The number of hydrogen-bond acceptors (Lipinski definition) is 4. The van der Waals surface area contributed by atoms with Gasteiger partial charge in [0.05, 0.1) is 6.54 Å². The number of carbonyl (C=O) groups excluding carboxylic acids is 1. The Balaban J connectivity index is 1.31. The summed E-state index contributed by atoms with van der Waals surface area (Å²) in [4.78, 5) is 14.4. The number of ether oxygens (including phenoxy) is 2. The minimum absolute atomic E-state index is 0.0303. The number of nitrogens with one attached hydrogen (secondary N) is 1. The largest absolute Gasteiger partial charge is 0.464 e. The van der Waals surface area contributed by atoms with Crippen LogP contribution in [0.25, 0.3) is 0 Å². The summed E-state index contributed by atoms with van der Waals surface area (Å²) in [5.41, 5.74) is 1.11. The summed E-state index contributed by atoms with van der Waals surface area (Å²) in [5, 5.41) is 3.02. The van der Waals surface area contributed by atoms with Crippen LogP contribution in [0.2, 0.25) is 0 Å². The van der Waals surface area contributed by atoms with Gasteiger partial charge in [0.2, 0.25) is 6.79 Å². The fourth-order valence-electron chi connectivity index (χ4n) is 3.00. The van der Waals surface area contributed by atoms with Crippen LogP contribution in [0.15, 0.2) is 34.7 Å². The van der Waals surface area contributed by atoms with E-state index >= 15 is 0 Å². The topological polar surface area (TPSA) is 63.9 Å². The molecular weight excluding hydrogens is 320 g/mol. The lowest BCUT2D eigenvalue weighted by atomic mass is 10.1. The van der Waals surface area contributed by atoms with Gasteiger partial charge in [0.15, 0.2) is 11.5 Å². The van der Waals surface area contributed by atoms with Gasteiger partial charge in [-0.15, -0.1) is 0 Å². The van der Waals surface area contributed by atoms with Gasteiger partial charge < -0.3 is 24.1 Å². The van der Waals surface area contributed by atoms with Crippen LogP contribution in [-0.4, -0.2) is 30.3 Å². The van der Waals surface area contributed by atoms with Crippen molar-refractivity contribution in [3.8, 4) is 11.5 Å². The molecule has 1 aromatic carbocycles. The molecule has 0 bridgehead atoms. The fraction of sp³-hybridized carbons (Fsp3) is 0.421. The SMILES string of the molecule is Cc1ccc(CN(C(=O)NCCc2ccc3c(c2)OCO3)C2CC2)o1. The molecule has 0 spiro atoms. The van der Waals surface area contributed by atoms with Gasteiger partial charge in [-0.05, 0) is 56.0 Å². The van der Waals surface area contributed by atoms with Gasteiger partial charge in [-0.2, -0.15) is 0 Å². The van der Waals surface area contributed by atoms with Gasteiger partial charge in [-0.25, -0.2) is 4.79 Å². The average molecular weight is 342 g/mol. The Morgan fingerprint density at radius 1 is 1.20 bits per heavy atom. The molecule has 25 heavy (non-hydrogen) atoms. The smallest absolute Gasteiger partial charge is 0.318 e. The fourth-order valence-corrected chi connectivity index (χ4v) is 3.00. The van der Waals surface area contributed by atoms with Crippen molar-refractivity contribution in [2.24, 2.45) is 0 Å². The monoisotopic (exact) mass is 342 g/mol. The molecule has 1 saturated carbocycles. The van der Waals surface area contributed by atoms with Crippen molar-refractivity contribution in [3.63, 3.8) is 0 Å². The number of furan rings is 1. The van der Waals surface area contributed by atoms with Crippen LogP contribution in [-0.2, 0) is 13.0 Å². The summed E-state index contributed by atoms with van der Waals surface area (Å²) >= 11 is 0. The number of nitrogens with zero attached hydrogens (tertiary/aromatic N) is 1. The predicted octanol–water partition coefficient (Wildman–Crippen LogP) is 3.23. The van der Waals surface area contributed by atoms with Gasteiger partial charge in [-0.3, -0.25) is 0 Å². The molecule has 1 fully saturated rings. The number of urea groups is 1. The highest BCUT2D eigenvalue weighted by atomic mass is 16.7. The van der Waals surface area contributed by atoms with Gasteiger partial charge in [0, 0.05) is 12.6 Å². The second-order valence-electron chi connectivity index (χ2n) is 6.54. The van der Waals surface area contributed by atoms with Crippen molar-refractivity contribution < 1.29 is 18.7 Å². The van der Waals surface area contributed by atoms with E-state index in [2.05, 4.69) is 5.32 Å². The second kappa shape index (κ2) is 6.70. The molecular formula is C19H22N2O4. The van der Waals surface area contributed by atoms with E-state index in [0.717, 1.165) is 47.8 Å². The van der Waals surface area contributed by atoms with Crippen molar-refractivity contribution in [2.45, 2.75) is 38.8 Å². The molecule has 2 amide bonds. The zero-order valence-corrected chi connectivity index (χ0v) is 14.3. The maximum absolute atomic E-state index is 12.5. The third kappa shape index (κ3) is 3.73. The average Bonchev–Trinajstić information content (AvgIpc) is 3.19. The highest BCUT2D eigenvalue weighted by Crippen LogP contribution is 2.32. The van der Waals surface area contributed by atoms with Crippen LogP contribution in [0.3, 0.4) is 0 Å². The van der Waals surface area contributed by atoms with Gasteiger partial charge in [-0.1, -0.05) is 6.07 Å². The highest BCUT2D eigenvalue weighted by molar-refractivity contribution is 5.74. The number of hydrogen-bond donors (Lipinski definition) is 1. The van der Waals surface area contributed by atoms with Gasteiger partial charge in [0.1, 0.15) is 11.5 Å². The van der Waals surface area contributed by atoms with Crippen LogP contribution in [0.5, 0.6) is 11.5 Å². The van der Waals surface area contributed by atoms with E-state index in [1.165, 1.54) is 0 Å². The molecule has 1 aromatic heterocycles. The van der Waals surface area contributed by atoms with Crippen LogP contribution >= 0.6 is 0 Å². The van der Waals surface area contributed by atoms with Crippen molar-refractivity contribution in [3.05, 3.63) is 47.4 Å². The van der Waals surface area contributed by atoms with E-state index in [4.69, 9.17) is 13.9 Å². The normalized spacial score (nSPS) is 15.2. The first kappa shape index (κ1) is 15.9. The molecule has 4 rings (SSSR count). The lowest BCUT2D eigenvalue weighted by Crippen LogP contribution is -2.41. The molecule has 6 heteroatoms. The third-order valence-electron chi connectivity index (χ3n) is 4.50. The Morgan fingerprint density at radius 3 is 2.80 bits per heavy atom. The van der Waals surface area contributed by atoms with Crippen molar-refractivity contribution in [1.29, 1.82) is 0 Å². The van der Waals surface area contributed by atoms with E-state index < -0.39 is 0 Å². The summed E-state index contributed by atoms with van der Waals surface area (Å²) in [6, 6.07) is 10.0. The molecule has 2 aromatic rings. The molecule has 0 saturated heterocycles. The third-order valence-corrected chi connectivity index (χ3v) is 4.50. The molecule has 0 unspecified atom stereocenters. The Kier molecular flexibility index (Phi) is 4.26. The minimum atomic E-state index is -0.0303. The molecule has 2 heterocycles. The number of aryl methyl sites for hydroxylation is 1. The zero-order chi connectivity index (χ0) is 17.2. The summed E-state index contributed by atoms with van der Waals surface area (Å²) in [6.07, 6.45) is 2.88. The predicted molar refractivity (Wildman–Crippen MR) is 91.7 cm³/mol. The van der Waals surface area contributed by atoms with Crippen LogP contribution < -0.4 is 14.8 Å². The zero-order valence-electron chi connectivity index (χ0n) is 14.3. The number of carbonyl (C=O) groups is 1. The summed E-state index contributed by atoms with van der Waals surface area (Å²) in [5.74, 6) is 3.25. The van der Waals surface area contributed by atoms with Crippen LogP contribution in [0.4, 0.5) is 4.79 Å². The second-order valence-corrected chi connectivity index (χ2v) is 6.54. The summed E-state index contributed by atoms with van der Waals surface area (Å²) in [7, 11) is 0. The van der Waals surface area contributed by atoms with Crippen LogP contribution in [0.1, 0.15) is 29.9 Å². The molecule has 2 aliphatic rings. The van der Waals surface area contributed by atoms with Crippen molar-refractivity contribution >= 4 is 6.03 Å². The Morgan fingerprint density at radius 2 is 2.04 bits per heavy atom. The summed E-state index contributed by atoms with van der Waals surface area (Å²) < 4.78 is 16.3. The standard InChI is InChI=1S/C19H22N2O4/c1-13-2-6-16(25-13)11-21(15-4-5-15)19(22)20-9-8-14-3-7-17-18(10-14)24-12-23-17/h2-3,6-7,10,15H,4-5,8-9,11-12H2,1H3,(H,20,22). The lowest BCUT2D eigenvalue weighted by molar-refractivity contribution is 0.174. The minimum Gasteiger partial charge on any atom is -0.464 e. The summed E-state index contributed by atoms with van der Waals surface area (Å²) in [6.45, 7) is 3.29. The van der Waals surface area contributed by atoms with E-state index in [1.807, 2.05) is 42.2 Å². The van der Waals surface area contributed by atoms with Crippen molar-refractivity contribution in [2.75, 3.05) is 13.3 Å². The first-order chi connectivity index (χ1) is 12.2. The highest BCUT2D eigenvalue weighted by Gasteiger charge is 2.33. The van der Waals surface area contributed by atoms with E-state index in [1.54, 1.807) is 0 Å². The first-order valence-electron chi connectivity index (χ1n) is 8.67. The molecule has 1 aliphatic heterocycles. The van der Waals surface area contributed by atoms with Crippen molar-refractivity contribution in [1.82, 2.24) is 10.2 Å². The molecule has 1 aliphatic carbocycles. The Hall–Kier alpha value is -2.63. The molecule has 1 N–H and O–H groups in total. The van der Waals surface area contributed by atoms with E-state index in [9.17, 15) is 4.79 Å². The maximum Gasteiger partial charge on any atom is 0.318 e. The molecule has 0 atom stereocenters. The molecule has 0 radical (unpaired) electrons. The first-order valence-corrected chi connectivity index (χ1v) is 8.67. The van der Waals surface area contributed by atoms with Gasteiger partial charge in [0.25, 0.3) is 0 Å². The van der Waals surface area contributed by atoms with Crippen LogP contribution in [0, 0.1) is 6.92 Å². The van der Waals surface area contributed by atoms with E-state index in [-0.39, 0.29) is 12.8 Å². The quantitative estimate of drug-likeness (QED) is 0.875. The lowest BCUT2D eigenvalue weighted by Gasteiger charge is -2.21. The number of rotatable bonds is 6. The molecule has 132 valence electrons. The van der Waals surface area contributed by atoms with Gasteiger partial charge >= 0.3 is 6.03 Å². The number of benzene rings is 1. The van der Waals surface area contributed by atoms with E-state index in [0.29, 0.717) is 19.1 Å².